The van der Waals surface area contributed by atoms with Crippen LogP contribution in [-0.4, -0.2) is 28.3 Å². The van der Waals surface area contributed by atoms with Crippen molar-refractivity contribution in [2.45, 2.75) is 0 Å². The first-order chi connectivity index (χ1) is 0. The molecule has 0 aromatic heterocycles. The van der Waals surface area contributed by atoms with E-state index in [1.54, 1.807) is 0 Å². The van der Waals surface area contributed by atoms with Gasteiger partial charge in [-0.15, -0.1) is 0 Å². The predicted octanol–water partition coefficient (Wildman–Crippen LogP) is -1.00. The zero-order valence-corrected chi connectivity index (χ0v) is 3.97. The van der Waals surface area contributed by atoms with Crippen LogP contribution in [0.2, 0.25) is 0 Å². The van der Waals surface area contributed by atoms with Crippen LogP contribution in [0.5, 0.6) is 0 Å². The Labute approximate surface area is 42.4 Å². The first-order valence-corrected chi connectivity index (χ1v) is 0. The van der Waals surface area contributed by atoms with Gasteiger partial charge in [0.1, 0.15) is 0 Å². The van der Waals surface area contributed by atoms with Crippen LogP contribution in [0.4, 0.5) is 0 Å². The summed E-state index contributed by atoms with van der Waals surface area (Å²) in [6, 6.07) is 0. The maximum atomic E-state index is 0. The second-order valence-electron chi connectivity index (χ2n) is 0. The molecule has 0 aromatic rings. The van der Waals surface area contributed by atoms with E-state index >= 15 is 0 Å². The smallest absolute Gasteiger partial charge is 0.870 e. The van der Waals surface area contributed by atoms with Crippen molar-refractivity contribution in [1.82, 2.24) is 0 Å². The van der Waals surface area contributed by atoms with Crippen LogP contribution < -0.4 is 0 Å². The maximum absolute atomic E-state index is 0. The molecular weight excluding hydrogens is 91.0 g/mol. The number of rotatable bonds is 0. The van der Waals surface area contributed by atoms with Crippen LogP contribution >= 0.6 is 0 Å². The van der Waals surface area contributed by atoms with Crippen LogP contribution in [0.3, 0.4) is 0 Å². The van der Waals surface area contributed by atoms with Crippen molar-refractivity contribution < 1.29 is 11.0 Å². The minimum absolute atomic E-state index is 0. The van der Waals surface area contributed by atoms with Gasteiger partial charge in [-0.05, 0) is 0 Å². The molecule has 0 atom stereocenters. The third-order valence-corrected chi connectivity index (χ3v) is 0. The third-order valence-electron chi connectivity index (χ3n) is 0. The molecule has 4 heteroatoms. The topological polar surface area (TPSA) is 60.0 Å². The van der Waals surface area contributed by atoms with Crippen molar-refractivity contribution in [2.24, 2.45) is 0 Å². The predicted molar refractivity (Wildman–Crippen MR) is 18.4 cm³/mol. The molecule has 0 aliphatic rings. The van der Waals surface area contributed by atoms with Crippen molar-refractivity contribution >= 4 is 30.9 Å². The molecular formula is H3AlO2S. The SMILES string of the molecule is [Al+3].[OH-].[OH-].[SH-]. The van der Waals surface area contributed by atoms with E-state index in [0.717, 1.165) is 0 Å². The van der Waals surface area contributed by atoms with Crippen LogP contribution in [0.25, 0.3) is 0 Å². The van der Waals surface area contributed by atoms with Gasteiger partial charge in [0.15, 0.2) is 0 Å². The summed E-state index contributed by atoms with van der Waals surface area (Å²) < 4.78 is 0. The Morgan fingerprint density at radius 1 is 0.750 bits per heavy atom. The first kappa shape index (κ1) is 108. The second-order valence-corrected chi connectivity index (χ2v) is 0. The molecule has 0 heterocycles. The maximum Gasteiger partial charge on any atom is 3.00 e. The Kier molecular flexibility index (Phi) is 1250. The van der Waals surface area contributed by atoms with E-state index < -0.39 is 0 Å². The van der Waals surface area contributed by atoms with Gasteiger partial charge in [0, 0.05) is 0 Å². The summed E-state index contributed by atoms with van der Waals surface area (Å²) in [5, 5.41) is 0. The zero-order chi connectivity index (χ0) is 0. The minimum atomic E-state index is 0. The van der Waals surface area contributed by atoms with Gasteiger partial charge in [0.05, 0.1) is 0 Å². The van der Waals surface area contributed by atoms with Crippen molar-refractivity contribution in [3.63, 3.8) is 0 Å². The Balaban J connectivity index is 0. The fourth-order valence-corrected chi connectivity index (χ4v) is 0. The van der Waals surface area contributed by atoms with E-state index in [0.29, 0.717) is 0 Å². The molecule has 0 fully saturated rings. The molecule has 0 rings (SSSR count). The van der Waals surface area contributed by atoms with E-state index in [9.17, 15) is 0 Å². The molecule has 0 unspecified atom stereocenters. The van der Waals surface area contributed by atoms with Gasteiger partial charge in [0.25, 0.3) is 0 Å². The van der Waals surface area contributed by atoms with E-state index in [4.69, 9.17) is 0 Å². The van der Waals surface area contributed by atoms with E-state index in [1.165, 1.54) is 0 Å². The molecule has 0 aromatic carbocycles. The second kappa shape index (κ2) is 46.4. The Morgan fingerprint density at radius 3 is 0.750 bits per heavy atom. The molecule has 0 radical (unpaired) electrons. The molecule has 0 saturated heterocycles. The summed E-state index contributed by atoms with van der Waals surface area (Å²) in [5.41, 5.74) is 0. The van der Waals surface area contributed by atoms with Crippen LogP contribution in [-0.2, 0) is 13.5 Å². The van der Waals surface area contributed by atoms with Crippen molar-refractivity contribution in [3.05, 3.63) is 0 Å². The fraction of sp³-hybridized carbons (Fsp3) is 0. The molecule has 0 spiro atoms. The molecule has 0 amide bonds. The number of thiol groups is 1. The van der Waals surface area contributed by atoms with Gasteiger partial charge < -0.3 is 24.4 Å². The zero-order valence-electron chi connectivity index (χ0n) is 1.92. The molecule has 24 valence electrons. The standard InChI is InChI=1S/Al.2H2O.H2S/h;3*1H2/q+3;;;/p-3. The summed E-state index contributed by atoms with van der Waals surface area (Å²) >= 11 is 0. The van der Waals surface area contributed by atoms with Crippen LogP contribution in [0.1, 0.15) is 0 Å². The van der Waals surface area contributed by atoms with E-state index in [-0.39, 0.29) is 41.8 Å². The first-order valence-electron chi connectivity index (χ1n) is 0. The molecule has 0 saturated carbocycles. The molecule has 0 aliphatic heterocycles. The molecule has 4 heavy (non-hydrogen) atoms. The molecule has 0 bridgehead atoms. The molecule has 0 aliphatic carbocycles. The van der Waals surface area contributed by atoms with E-state index in [2.05, 4.69) is 0 Å². The quantitative estimate of drug-likeness (QED) is 0.219. The minimum Gasteiger partial charge on any atom is -0.870 e. The molecule has 2 nitrogen and oxygen atoms in total. The summed E-state index contributed by atoms with van der Waals surface area (Å²) in [5.74, 6) is 0. The summed E-state index contributed by atoms with van der Waals surface area (Å²) in [6.07, 6.45) is 0. The Morgan fingerprint density at radius 2 is 0.750 bits per heavy atom. The number of hydrogen-bond acceptors (Lipinski definition) is 3. The van der Waals surface area contributed by atoms with E-state index in [1.807, 2.05) is 0 Å². The van der Waals surface area contributed by atoms with Gasteiger partial charge in [-0.2, -0.15) is 0 Å². The van der Waals surface area contributed by atoms with Gasteiger partial charge in [-0.1, -0.05) is 0 Å². The summed E-state index contributed by atoms with van der Waals surface area (Å²) in [4.78, 5) is 0. The van der Waals surface area contributed by atoms with Crippen LogP contribution in [0.15, 0.2) is 0 Å². The normalized spacial score (nSPS) is 0. The van der Waals surface area contributed by atoms with Crippen molar-refractivity contribution in [2.75, 3.05) is 0 Å². The van der Waals surface area contributed by atoms with Crippen molar-refractivity contribution in [3.8, 4) is 0 Å². The third kappa shape index (κ3) is 14.1. The van der Waals surface area contributed by atoms with Crippen LogP contribution in [0, 0.1) is 0 Å². The number of hydrogen-bond donors (Lipinski definition) is 0. The Bertz CT molecular complexity index is 6.00. The van der Waals surface area contributed by atoms with Gasteiger partial charge in [0.2, 0.25) is 0 Å². The van der Waals surface area contributed by atoms with Gasteiger partial charge in [-0.3, -0.25) is 0 Å². The molecule has 2 N–H and O–H groups in total. The summed E-state index contributed by atoms with van der Waals surface area (Å²) in [6.45, 7) is 0. The summed E-state index contributed by atoms with van der Waals surface area (Å²) in [7, 11) is 0. The fourth-order valence-electron chi connectivity index (χ4n) is 0. The van der Waals surface area contributed by atoms with Gasteiger partial charge >= 0.3 is 17.4 Å². The average Bonchev–Trinajstić information content (AvgIpc) is 0. The van der Waals surface area contributed by atoms with Crippen molar-refractivity contribution in [1.29, 1.82) is 0 Å². The Hall–Kier alpha value is 0.802. The average molecular weight is 94.1 g/mol. The largest absolute Gasteiger partial charge is 3.00 e. The van der Waals surface area contributed by atoms with Gasteiger partial charge in [-0.25, -0.2) is 0 Å². The monoisotopic (exact) mass is 94.0 g/mol.